The molecule has 1 N–H and O–H groups in total. The summed E-state index contributed by atoms with van der Waals surface area (Å²) in [5.41, 5.74) is 2.38. The van der Waals surface area contributed by atoms with E-state index >= 15 is 0 Å². The molecule has 0 saturated carbocycles. The summed E-state index contributed by atoms with van der Waals surface area (Å²) in [7, 11) is 2.13. The van der Waals surface area contributed by atoms with Crippen LogP contribution < -0.4 is 5.32 Å². The van der Waals surface area contributed by atoms with Gasteiger partial charge in [-0.15, -0.1) is 0 Å². The predicted octanol–water partition coefficient (Wildman–Crippen LogP) is 3.21. The maximum absolute atomic E-state index is 5.08. The van der Waals surface area contributed by atoms with E-state index in [1.165, 1.54) is 11.3 Å². The van der Waals surface area contributed by atoms with Crippen LogP contribution in [0, 0.1) is 0 Å². The van der Waals surface area contributed by atoms with Crippen molar-refractivity contribution in [3.05, 3.63) is 54.5 Å². The summed E-state index contributed by atoms with van der Waals surface area (Å²) in [6, 6.07) is 12.8. The largest absolute Gasteiger partial charge is 0.472 e. The Labute approximate surface area is 108 Å². The number of hydrogen-bond donors (Lipinski definition) is 1. The number of para-hydroxylation sites is 1. The molecule has 0 aliphatic carbocycles. The van der Waals surface area contributed by atoms with Crippen molar-refractivity contribution in [1.29, 1.82) is 0 Å². The molecule has 96 valence electrons. The Kier molecular flexibility index (Phi) is 4.42. The molecular weight excluding hydrogens is 224 g/mol. The van der Waals surface area contributed by atoms with Gasteiger partial charge in [-0.3, -0.25) is 4.90 Å². The first-order valence-corrected chi connectivity index (χ1v) is 6.26. The molecule has 1 heterocycles. The van der Waals surface area contributed by atoms with Gasteiger partial charge in [-0.2, -0.15) is 0 Å². The van der Waals surface area contributed by atoms with Crippen molar-refractivity contribution >= 4 is 5.69 Å². The molecule has 1 aromatic heterocycles. The van der Waals surface area contributed by atoms with Gasteiger partial charge in [-0.1, -0.05) is 18.2 Å². The molecule has 0 fully saturated rings. The van der Waals surface area contributed by atoms with Gasteiger partial charge >= 0.3 is 0 Å². The third-order valence-electron chi connectivity index (χ3n) is 3.14. The highest BCUT2D eigenvalue weighted by Crippen LogP contribution is 2.09. The van der Waals surface area contributed by atoms with Crippen molar-refractivity contribution in [3.63, 3.8) is 0 Å². The molecule has 1 aromatic carbocycles. The summed E-state index contributed by atoms with van der Waals surface area (Å²) in [6.07, 6.45) is 3.52. The first-order chi connectivity index (χ1) is 8.75. The van der Waals surface area contributed by atoms with Crippen LogP contribution in [0.4, 0.5) is 5.69 Å². The van der Waals surface area contributed by atoms with E-state index in [-0.39, 0.29) is 0 Å². The van der Waals surface area contributed by atoms with Crippen LogP contribution >= 0.6 is 0 Å². The number of benzene rings is 1. The van der Waals surface area contributed by atoms with Gasteiger partial charge < -0.3 is 9.73 Å². The predicted molar refractivity (Wildman–Crippen MR) is 74.6 cm³/mol. The molecule has 0 radical (unpaired) electrons. The average Bonchev–Trinajstić information content (AvgIpc) is 2.90. The number of hydrogen-bond acceptors (Lipinski definition) is 3. The molecule has 0 saturated heterocycles. The molecule has 18 heavy (non-hydrogen) atoms. The molecule has 0 bridgehead atoms. The van der Waals surface area contributed by atoms with Crippen LogP contribution in [-0.2, 0) is 6.54 Å². The Bertz CT molecular complexity index is 439. The van der Waals surface area contributed by atoms with Crippen LogP contribution in [0.3, 0.4) is 0 Å². The Balaban J connectivity index is 1.79. The van der Waals surface area contributed by atoms with E-state index in [4.69, 9.17) is 4.42 Å². The SMILES string of the molecule is CC(CNc1ccccc1)N(C)Cc1ccoc1. The fraction of sp³-hybridized carbons (Fsp3) is 0.333. The summed E-state index contributed by atoms with van der Waals surface area (Å²) >= 11 is 0. The van der Waals surface area contributed by atoms with Crippen molar-refractivity contribution in [2.45, 2.75) is 19.5 Å². The minimum atomic E-state index is 0.458. The summed E-state index contributed by atoms with van der Waals surface area (Å²) in [5, 5.41) is 3.44. The average molecular weight is 244 g/mol. The van der Waals surface area contributed by atoms with Gasteiger partial charge in [-0.05, 0) is 32.2 Å². The second-order valence-corrected chi connectivity index (χ2v) is 4.64. The zero-order valence-corrected chi connectivity index (χ0v) is 11.0. The van der Waals surface area contributed by atoms with Crippen LogP contribution in [0.15, 0.2) is 53.3 Å². The van der Waals surface area contributed by atoms with Crippen molar-refractivity contribution in [2.24, 2.45) is 0 Å². The number of furan rings is 1. The highest BCUT2D eigenvalue weighted by molar-refractivity contribution is 5.42. The van der Waals surface area contributed by atoms with Gasteiger partial charge in [-0.25, -0.2) is 0 Å². The van der Waals surface area contributed by atoms with E-state index in [2.05, 4.69) is 36.3 Å². The zero-order valence-electron chi connectivity index (χ0n) is 11.0. The van der Waals surface area contributed by atoms with Gasteiger partial charge in [0.1, 0.15) is 0 Å². The lowest BCUT2D eigenvalue weighted by Crippen LogP contribution is -2.34. The van der Waals surface area contributed by atoms with E-state index in [1.807, 2.05) is 24.3 Å². The molecular formula is C15H20N2O. The standard InChI is InChI=1S/C15H20N2O/c1-13(10-16-15-6-4-3-5-7-15)17(2)11-14-8-9-18-12-14/h3-9,12-13,16H,10-11H2,1-2H3. The van der Waals surface area contributed by atoms with Crippen LogP contribution in [0.1, 0.15) is 12.5 Å². The minimum Gasteiger partial charge on any atom is -0.472 e. The van der Waals surface area contributed by atoms with Crippen LogP contribution in [0.25, 0.3) is 0 Å². The quantitative estimate of drug-likeness (QED) is 0.845. The molecule has 0 amide bonds. The maximum Gasteiger partial charge on any atom is 0.0947 e. The Morgan fingerprint density at radius 3 is 2.67 bits per heavy atom. The van der Waals surface area contributed by atoms with Gasteiger partial charge in [0.15, 0.2) is 0 Å². The maximum atomic E-state index is 5.08. The number of anilines is 1. The fourth-order valence-electron chi connectivity index (χ4n) is 1.80. The summed E-state index contributed by atoms with van der Waals surface area (Å²) in [5.74, 6) is 0. The minimum absolute atomic E-state index is 0.458. The second-order valence-electron chi connectivity index (χ2n) is 4.64. The molecule has 1 atom stereocenters. The van der Waals surface area contributed by atoms with E-state index in [1.54, 1.807) is 12.5 Å². The van der Waals surface area contributed by atoms with Crippen molar-refractivity contribution in [1.82, 2.24) is 4.90 Å². The van der Waals surface area contributed by atoms with Crippen molar-refractivity contribution < 1.29 is 4.42 Å². The number of rotatable bonds is 6. The first-order valence-electron chi connectivity index (χ1n) is 6.26. The molecule has 0 spiro atoms. The lowest BCUT2D eigenvalue weighted by molar-refractivity contribution is 0.258. The lowest BCUT2D eigenvalue weighted by atomic mass is 10.2. The second kappa shape index (κ2) is 6.26. The van der Waals surface area contributed by atoms with E-state index in [0.717, 1.165) is 13.1 Å². The summed E-state index contributed by atoms with van der Waals surface area (Å²) in [4.78, 5) is 2.31. The van der Waals surface area contributed by atoms with Crippen LogP contribution in [0.2, 0.25) is 0 Å². The Hall–Kier alpha value is -1.74. The van der Waals surface area contributed by atoms with E-state index in [0.29, 0.717) is 6.04 Å². The van der Waals surface area contributed by atoms with Gasteiger partial charge in [0.2, 0.25) is 0 Å². The molecule has 0 aliphatic rings. The molecule has 0 aliphatic heterocycles. The van der Waals surface area contributed by atoms with Crippen molar-refractivity contribution in [3.8, 4) is 0 Å². The highest BCUT2D eigenvalue weighted by atomic mass is 16.3. The highest BCUT2D eigenvalue weighted by Gasteiger charge is 2.09. The third kappa shape index (κ3) is 3.64. The molecule has 1 unspecified atom stereocenters. The topological polar surface area (TPSA) is 28.4 Å². The number of nitrogens with zero attached hydrogens (tertiary/aromatic N) is 1. The number of likely N-dealkylation sites (N-methyl/N-ethyl adjacent to an activating group) is 1. The van der Waals surface area contributed by atoms with Crippen molar-refractivity contribution in [2.75, 3.05) is 18.9 Å². The number of nitrogens with one attached hydrogen (secondary N) is 1. The Morgan fingerprint density at radius 1 is 1.22 bits per heavy atom. The van der Waals surface area contributed by atoms with Gasteiger partial charge in [0.05, 0.1) is 12.5 Å². The third-order valence-corrected chi connectivity index (χ3v) is 3.14. The van der Waals surface area contributed by atoms with Crippen LogP contribution in [0.5, 0.6) is 0 Å². The molecule has 3 heteroatoms. The monoisotopic (exact) mass is 244 g/mol. The molecule has 2 rings (SSSR count). The van der Waals surface area contributed by atoms with Crippen LogP contribution in [-0.4, -0.2) is 24.5 Å². The normalized spacial score (nSPS) is 12.6. The lowest BCUT2D eigenvalue weighted by Gasteiger charge is -2.24. The summed E-state index contributed by atoms with van der Waals surface area (Å²) < 4.78 is 5.08. The van der Waals surface area contributed by atoms with E-state index < -0.39 is 0 Å². The molecule has 3 nitrogen and oxygen atoms in total. The van der Waals surface area contributed by atoms with Gasteiger partial charge in [0, 0.05) is 30.4 Å². The fourth-order valence-corrected chi connectivity index (χ4v) is 1.80. The van der Waals surface area contributed by atoms with E-state index in [9.17, 15) is 0 Å². The Morgan fingerprint density at radius 2 is 2.00 bits per heavy atom. The first kappa shape index (κ1) is 12.7. The van der Waals surface area contributed by atoms with Gasteiger partial charge in [0.25, 0.3) is 0 Å². The summed E-state index contributed by atoms with van der Waals surface area (Å²) in [6.45, 7) is 4.06. The molecule has 2 aromatic rings. The zero-order chi connectivity index (χ0) is 12.8. The smallest absolute Gasteiger partial charge is 0.0947 e.